The van der Waals surface area contributed by atoms with Gasteiger partial charge >= 0.3 is 5.97 Å². The number of nitrogens with two attached hydrogens (primary N) is 1. The summed E-state index contributed by atoms with van der Waals surface area (Å²) in [6.07, 6.45) is 0. The van der Waals surface area contributed by atoms with Gasteiger partial charge in [0.25, 0.3) is 0 Å². The molecule has 3 aromatic rings. The Bertz CT molecular complexity index is 1120. The highest BCUT2D eigenvalue weighted by Crippen LogP contribution is 2.34. The molecule has 3 rings (SSSR count). The molecule has 0 unspecified atom stereocenters. The molecule has 0 saturated heterocycles. The predicted octanol–water partition coefficient (Wildman–Crippen LogP) is 3.32. The van der Waals surface area contributed by atoms with Crippen LogP contribution < -0.4 is 10.5 Å². The van der Waals surface area contributed by atoms with Gasteiger partial charge in [0.2, 0.25) is 10.0 Å². The molecule has 0 saturated carbocycles. The monoisotopic (exact) mass is 440 g/mol. The number of nitrogens with one attached hydrogen (secondary N) is 1. The number of sulfonamides is 1. The van der Waals surface area contributed by atoms with Crippen molar-refractivity contribution < 1.29 is 22.7 Å². The van der Waals surface area contributed by atoms with Crippen LogP contribution in [0.5, 0.6) is 0 Å². The lowest BCUT2D eigenvalue weighted by atomic mass is 10.1. The van der Waals surface area contributed by atoms with Crippen LogP contribution in [-0.2, 0) is 14.8 Å². The van der Waals surface area contributed by atoms with Gasteiger partial charge in [0.05, 0.1) is 4.90 Å². The minimum Gasteiger partial charge on any atom is -0.480 e. The molecule has 0 fully saturated rings. The summed E-state index contributed by atoms with van der Waals surface area (Å²) < 4.78 is 33.8. The Balaban J connectivity index is 2.08. The number of rotatable bonds is 5. The van der Waals surface area contributed by atoms with Gasteiger partial charge in [-0.15, -0.1) is 0 Å². The van der Waals surface area contributed by atoms with Gasteiger partial charge in [-0.2, -0.15) is 4.72 Å². The van der Waals surface area contributed by atoms with Crippen LogP contribution >= 0.6 is 15.9 Å². The van der Waals surface area contributed by atoms with Crippen molar-refractivity contribution in [1.82, 2.24) is 4.72 Å². The average molecular weight is 441 g/mol. The summed E-state index contributed by atoms with van der Waals surface area (Å²) in [6.45, 7) is 3.26. The first kappa shape index (κ1) is 18.7. The Morgan fingerprint density at radius 3 is 2.46 bits per heavy atom. The summed E-state index contributed by atoms with van der Waals surface area (Å²) in [6, 6.07) is 6.67. The number of carboxylic acid groups (broad SMARTS) is 1. The Labute approximate surface area is 158 Å². The fraction of sp³-hybridized carbons (Fsp3) is 0.235. The summed E-state index contributed by atoms with van der Waals surface area (Å²) in [5.41, 5.74) is 7.26. The zero-order valence-corrected chi connectivity index (χ0v) is 16.4. The zero-order valence-electron chi connectivity index (χ0n) is 14.0. The smallest absolute Gasteiger partial charge is 0.322 e. The van der Waals surface area contributed by atoms with E-state index >= 15 is 0 Å². The maximum absolute atomic E-state index is 12.6. The molecule has 0 amide bonds. The fourth-order valence-corrected chi connectivity index (χ4v) is 4.36. The largest absolute Gasteiger partial charge is 0.480 e. The van der Waals surface area contributed by atoms with Gasteiger partial charge in [0.1, 0.15) is 17.2 Å². The van der Waals surface area contributed by atoms with Crippen molar-refractivity contribution in [3.63, 3.8) is 0 Å². The highest BCUT2D eigenvalue weighted by molar-refractivity contribution is 9.10. The van der Waals surface area contributed by atoms with Gasteiger partial charge < -0.3 is 15.3 Å². The lowest BCUT2D eigenvalue weighted by Gasteiger charge is -2.17. The number of benzene rings is 2. The quantitative estimate of drug-likeness (QED) is 0.522. The van der Waals surface area contributed by atoms with Crippen molar-refractivity contribution in [3.05, 3.63) is 34.8 Å². The normalized spacial score (nSPS) is 13.5. The topological polar surface area (TPSA) is 123 Å². The van der Waals surface area contributed by atoms with Gasteiger partial charge in [-0.05, 0) is 40.0 Å². The minimum absolute atomic E-state index is 0.0667. The molecule has 0 spiro atoms. The van der Waals surface area contributed by atoms with Gasteiger partial charge in [-0.3, -0.25) is 4.79 Å². The van der Waals surface area contributed by atoms with Crippen LogP contribution in [0.2, 0.25) is 0 Å². The molecule has 0 radical (unpaired) electrons. The van der Waals surface area contributed by atoms with Crippen LogP contribution in [0.3, 0.4) is 0 Å². The first-order valence-electron chi connectivity index (χ1n) is 7.76. The second kappa shape index (κ2) is 6.57. The van der Waals surface area contributed by atoms with E-state index in [1.807, 2.05) is 6.07 Å². The molecule has 26 heavy (non-hydrogen) atoms. The van der Waals surface area contributed by atoms with E-state index in [9.17, 15) is 18.3 Å². The van der Waals surface area contributed by atoms with E-state index in [1.54, 1.807) is 26.0 Å². The number of fused-ring (bicyclic) bond motifs is 3. The maximum Gasteiger partial charge on any atom is 0.322 e. The van der Waals surface area contributed by atoms with E-state index in [-0.39, 0.29) is 4.90 Å². The maximum atomic E-state index is 12.6. The molecule has 0 aliphatic heterocycles. The predicted molar refractivity (Wildman–Crippen MR) is 102 cm³/mol. The summed E-state index contributed by atoms with van der Waals surface area (Å²) in [7, 11) is -4.02. The molecular formula is C17H17BrN2O5S. The first-order valence-corrected chi connectivity index (χ1v) is 10.0. The van der Waals surface area contributed by atoms with E-state index in [0.717, 1.165) is 10.8 Å². The molecule has 1 aromatic heterocycles. The van der Waals surface area contributed by atoms with Crippen molar-refractivity contribution in [2.24, 2.45) is 5.92 Å². The van der Waals surface area contributed by atoms with Crippen LogP contribution in [0.1, 0.15) is 13.8 Å². The third kappa shape index (κ3) is 3.29. The number of furan rings is 1. The lowest BCUT2D eigenvalue weighted by Crippen LogP contribution is -2.44. The Kier molecular flexibility index (Phi) is 4.72. The molecule has 7 nitrogen and oxygen atoms in total. The van der Waals surface area contributed by atoms with Gasteiger partial charge in [-0.1, -0.05) is 13.8 Å². The van der Waals surface area contributed by atoms with Crippen LogP contribution in [0, 0.1) is 5.92 Å². The van der Waals surface area contributed by atoms with E-state index in [2.05, 4.69) is 20.7 Å². The van der Waals surface area contributed by atoms with Gasteiger partial charge in [0.15, 0.2) is 0 Å². The number of carboxylic acids is 1. The Hall–Kier alpha value is -2.10. The molecular weight excluding hydrogens is 424 g/mol. The highest BCUT2D eigenvalue weighted by Gasteiger charge is 2.28. The van der Waals surface area contributed by atoms with Gasteiger partial charge in [0, 0.05) is 33.1 Å². The molecule has 0 bridgehead atoms. The summed E-state index contributed by atoms with van der Waals surface area (Å²) in [5.74, 6) is -1.63. The third-order valence-corrected chi connectivity index (χ3v) is 6.21. The second-order valence-electron chi connectivity index (χ2n) is 6.31. The summed E-state index contributed by atoms with van der Waals surface area (Å²) in [5, 5.41) is 10.7. The molecule has 2 aromatic carbocycles. The van der Waals surface area contributed by atoms with Crippen LogP contribution in [0.4, 0.5) is 5.69 Å². The van der Waals surface area contributed by atoms with Gasteiger partial charge in [-0.25, -0.2) is 8.42 Å². The Morgan fingerprint density at radius 2 is 1.85 bits per heavy atom. The molecule has 1 atom stereocenters. The lowest BCUT2D eigenvalue weighted by molar-refractivity contribution is -0.140. The summed E-state index contributed by atoms with van der Waals surface area (Å²) in [4.78, 5) is 11.2. The summed E-state index contributed by atoms with van der Waals surface area (Å²) >= 11 is 3.36. The van der Waals surface area contributed by atoms with Crippen LogP contribution in [0.25, 0.3) is 21.9 Å². The zero-order chi connectivity index (χ0) is 19.2. The fourth-order valence-electron chi connectivity index (χ4n) is 2.67. The second-order valence-corrected chi connectivity index (χ2v) is 8.88. The average Bonchev–Trinajstić information content (AvgIpc) is 2.89. The number of hydrogen-bond acceptors (Lipinski definition) is 5. The van der Waals surface area contributed by atoms with Crippen molar-refractivity contribution in [1.29, 1.82) is 0 Å². The molecule has 0 aliphatic rings. The highest BCUT2D eigenvalue weighted by atomic mass is 79.9. The van der Waals surface area contributed by atoms with Crippen LogP contribution in [0.15, 0.2) is 44.1 Å². The molecule has 4 N–H and O–H groups in total. The number of halogens is 1. The molecule has 1 heterocycles. The van der Waals surface area contributed by atoms with Crippen LogP contribution in [-0.4, -0.2) is 25.5 Å². The number of nitrogen functional groups attached to an aromatic ring is 1. The molecule has 0 aliphatic carbocycles. The van der Waals surface area contributed by atoms with Crippen molar-refractivity contribution in [2.45, 2.75) is 24.8 Å². The molecule has 138 valence electrons. The van der Waals surface area contributed by atoms with Crippen molar-refractivity contribution in [3.8, 4) is 0 Å². The van der Waals surface area contributed by atoms with E-state index < -0.39 is 28.0 Å². The van der Waals surface area contributed by atoms with Crippen molar-refractivity contribution in [2.75, 3.05) is 5.73 Å². The first-order chi connectivity index (χ1) is 12.1. The minimum atomic E-state index is -4.02. The van der Waals surface area contributed by atoms with E-state index in [4.69, 9.17) is 10.2 Å². The number of anilines is 1. The molecule has 9 heteroatoms. The Morgan fingerprint density at radius 1 is 1.19 bits per heavy atom. The van der Waals surface area contributed by atoms with E-state index in [1.165, 1.54) is 12.1 Å². The number of aliphatic carboxylic acids is 1. The SMILES string of the molecule is CC(C)[C@H](NS(=O)(=O)c1ccc2c(c1)oc1cc(N)c(Br)cc12)C(=O)O. The third-order valence-electron chi connectivity index (χ3n) is 4.09. The number of hydrogen-bond donors (Lipinski definition) is 3. The van der Waals surface area contributed by atoms with E-state index in [0.29, 0.717) is 21.3 Å². The standard InChI is InChI=1S/C17H17BrN2O5S/c1-8(2)16(17(21)22)20-26(23,24)9-3-4-10-11-6-12(18)13(19)7-15(11)25-14(10)5-9/h3-8,16,20H,19H2,1-2H3,(H,21,22)/t16-/m0/s1. The number of carbonyl (C=O) groups is 1. The van der Waals surface area contributed by atoms with Crippen molar-refractivity contribution >= 4 is 59.5 Å².